The van der Waals surface area contributed by atoms with E-state index < -0.39 is 5.97 Å². The highest BCUT2D eigenvalue weighted by Crippen LogP contribution is 2.08. The average Bonchev–Trinajstić information content (AvgIpc) is 2.15. The second-order valence-electron chi connectivity index (χ2n) is 3.38. The van der Waals surface area contributed by atoms with Gasteiger partial charge in [0, 0.05) is 5.57 Å². The summed E-state index contributed by atoms with van der Waals surface area (Å²) in [5, 5.41) is 8.79. The van der Waals surface area contributed by atoms with Gasteiger partial charge in [-0.3, -0.25) is 0 Å². The Morgan fingerprint density at radius 1 is 1.36 bits per heavy atom. The van der Waals surface area contributed by atoms with Gasteiger partial charge in [-0.15, -0.1) is 6.58 Å². The Hall–Kier alpha value is -1.05. The fourth-order valence-corrected chi connectivity index (χ4v) is 1.26. The van der Waals surface area contributed by atoms with Crippen LogP contribution in [0.1, 0.15) is 45.4 Å². The van der Waals surface area contributed by atoms with Crippen LogP contribution >= 0.6 is 0 Å². The van der Waals surface area contributed by atoms with Gasteiger partial charge in [0.05, 0.1) is 0 Å². The molecule has 80 valence electrons. The molecule has 0 aliphatic carbocycles. The normalized spacial score (nSPS) is 11.4. The maximum atomic E-state index is 10.7. The summed E-state index contributed by atoms with van der Waals surface area (Å²) in [5.74, 6) is -0.819. The molecule has 0 bridgehead atoms. The van der Waals surface area contributed by atoms with Crippen LogP contribution in [0.4, 0.5) is 0 Å². The largest absolute Gasteiger partial charge is 0.478 e. The van der Waals surface area contributed by atoms with Crippen molar-refractivity contribution in [2.75, 3.05) is 0 Å². The number of rotatable bonds is 8. The van der Waals surface area contributed by atoms with Crippen molar-refractivity contribution in [3.63, 3.8) is 0 Å². The van der Waals surface area contributed by atoms with Crippen molar-refractivity contribution in [1.82, 2.24) is 0 Å². The minimum Gasteiger partial charge on any atom is -0.478 e. The fourth-order valence-electron chi connectivity index (χ4n) is 1.26. The molecule has 2 nitrogen and oxygen atoms in total. The van der Waals surface area contributed by atoms with Crippen molar-refractivity contribution in [1.29, 1.82) is 0 Å². The van der Waals surface area contributed by atoms with E-state index in [0.717, 1.165) is 12.8 Å². The molecule has 0 unspecified atom stereocenters. The molecule has 1 N–H and O–H groups in total. The first-order chi connectivity index (χ1) is 6.72. The Labute approximate surface area is 86.3 Å². The monoisotopic (exact) mass is 196 g/mol. The standard InChI is InChI=1S/C12H20O2/c1-3-5-6-7-8-10-11(9-4-2)12(13)14/h4,10H,2-3,5-9H2,1H3,(H,13,14)/b11-10+. The highest BCUT2D eigenvalue weighted by Gasteiger charge is 2.03. The highest BCUT2D eigenvalue weighted by atomic mass is 16.4. The van der Waals surface area contributed by atoms with Crippen molar-refractivity contribution in [3.05, 3.63) is 24.3 Å². The summed E-state index contributed by atoms with van der Waals surface area (Å²) in [6.45, 7) is 5.70. The van der Waals surface area contributed by atoms with E-state index in [0.29, 0.717) is 12.0 Å². The molecular weight excluding hydrogens is 176 g/mol. The SMILES string of the molecule is C=CC/C(=C\CCCCCC)C(=O)O. The Morgan fingerprint density at radius 3 is 2.57 bits per heavy atom. The topological polar surface area (TPSA) is 37.3 Å². The van der Waals surface area contributed by atoms with Crippen LogP contribution in [0.25, 0.3) is 0 Å². The summed E-state index contributed by atoms with van der Waals surface area (Å²) in [4.78, 5) is 10.7. The lowest BCUT2D eigenvalue weighted by atomic mass is 10.1. The van der Waals surface area contributed by atoms with Gasteiger partial charge >= 0.3 is 5.97 Å². The number of carbonyl (C=O) groups is 1. The van der Waals surface area contributed by atoms with Gasteiger partial charge in [-0.1, -0.05) is 38.3 Å². The van der Waals surface area contributed by atoms with E-state index in [1.54, 1.807) is 6.08 Å². The summed E-state index contributed by atoms with van der Waals surface area (Å²) in [6, 6.07) is 0. The molecule has 0 radical (unpaired) electrons. The van der Waals surface area contributed by atoms with Crippen LogP contribution in [0.5, 0.6) is 0 Å². The zero-order chi connectivity index (χ0) is 10.8. The van der Waals surface area contributed by atoms with Crippen LogP contribution < -0.4 is 0 Å². The summed E-state index contributed by atoms with van der Waals surface area (Å²) in [5.41, 5.74) is 0.469. The second kappa shape index (κ2) is 8.54. The Morgan fingerprint density at radius 2 is 2.07 bits per heavy atom. The predicted octanol–water partition coefficient (Wildman–Crippen LogP) is 3.54. The van der Waals surface area contributed by atoms with Gasteiger partial charge in [0.25, 0.3) is 0 Å². The van der Waals surface area contributed by atoms with Gasteiger partial charge in [0.1, 0.15) is 0 Å². The van der Waals surface area contributed by atoms with Crippen LogP contribution in [0.3, 0.4) is 0 Å². The number of carboxylic acids is 1. The number of unbranched alkanes of at least 4 members (excludes halogenated alkanes) is 4. The zero-order valence-corrected chi connectivity index (χ0v) is 8.96. The van der Waals surface area contributed by atoms with E-state index in [1.807, 2.05) is 6.08 Å². The van der Waals surface area contributed by atoms with Gasteiger partial charge < -0.3 is 5.11 Å². The first-order valence-corrected chi connectivity index (χ1v) is 5.25. The van der Waals surface area contributed by atoms with Gasteiger partial charge in [-0.25, -0.2) is 4.79 Å². The number of hydrogen-bond donors (Lipinski definition) is 1. The second-order valence-corrected chi connectivity index (χ2v) is 3.38. The summed E-state index contributed by atoms with van der Waals surface area (Å²) < 4.78 is 0. The Kier molecular flexibility index (Phi) is 7.90. The lowest BCUT2D eigenvalue weighted by Gasteiger charge is -1.98. The third-order valence-electron chi connectivity index (χ3n) is 2.09. The third kappa shape index (κ3) is 6.46. The number of hydrogen-bond acceptors (Lipinski definition) is 1. The minimum absolute atomic E-state index is 0.461. The highest BCUT2D eigenvalue weighted by molar-refractivity contribution is 5.86. The number of carboxylic acid groups (broad SMARTS) is 1. The molecule has 0 spiro atoms. The van der Waals surface area contributed by atoms with E-state index in [-0.39, 0.29) is 0 Å². The summed E-state index contributed by atoms with van der Waals surface area (Å²) in [7, 11) is 0. The third-order valence-corrected chi connectivity index (χ3v) is 2.09. The van der Waals surface area contributed by atoms with Crippen molar-refractivity contribution in [2.45, 2.75) is 45.4 Å². The first-order valence-electron chi connectivity index (χ1n) is 5.25. The molecule has 0 amide bonds. The molecule has 2 heteroatoms. The van der Waals surface area contributed by atoms with Crippen LogP contribution in [0, 0.1) is 0 Å². The van der Waals surface area contributed by atoms with Crippen molar-refractivity contribution < 1.29 is 9.90 Å². The van der Waals surface area contributed by atoms with E-state index in [4.69, 9.17) is 5.11 Å². The molecule has 0 aliphatic rings. The van der Waals surface area contributed by atoms with Crippen molar-refractivity contribution >= 4 is 5.97 Å². The molecule has 14 heavy (non-hydrogen) atoms. The quantitative estimate of drug-likeness (QED) is 0.366. The fraction of sp³-hybridized carbons (Fsp3) is 0.583. The molecule has 0 saturated carbocycles. The molecule has 0 saturated heterocycles. The first kappa shape index (κ1) is 12.9. The number of aliphatic carboxylic acids is 1. The Bertz CT molecular complexity index is 204. The van der Waals surface area contributed by atoms with E-state index >= 15 is 0 Å². The van der Waals surface area contributed by atoms with Gasteiger partial charge in [0.15, 0.2) is 0 Å². The minimum atomic E-state index is -0.819. The molecule has 0 atom stereocenters. The molecule has 0 aliphatic heterocycles. The van der Waals surface area contributed by atoms with Crippen LogP contribution in [-0.2, 0) is 4.79 Å². The molecule has 0 aromatic carbocycles. The smallest absolute Gasteiger partial charge is 0.331 e. The van der Waals surface area contributed by atoms with Gasteiger partial charge in [0.2, 0.25) is 0 Å². The molecule has 0 aromatic heterocycles. The summed E-state index contributed by atoms with van der Waals surface area (Å²) in [6.07, 6.45) is 9.50. The Balaban J connectivity index is 3.79. The lowest BCUT2D eigenvalue weighted by molar-refractivity contribution is -0.132. The van der Waals surface area contributed by atoms with E-state index in [1.165, 1.54) is 19.3 Å². The maximum absolute atomic E-state index is 10.7. The molecular formula is C12H20O2. The molecule has 0 aromatic rings. The molecule has 0 rings (SSSR count). The van der Waals surface area contributed by atoms with Crippen molar-refractivity contribution in [2.24, 2.45) is 0 Å². The zero-order valence-electron chi connectivity index (χ0n) is 8.96. The average molecular weight is 196 g/mol. The van der Waals surface area contributed by atoms with E-state index in [9.17, 15) is 4.79 Å². The molecule has 0 fully saturated rings. The van der Waals surface area contributed by atoms with Crippen LogP contribution in [-0.4, -0.2) is 11.1 Å². The summed E-state index contributed by atoms with van der Waals surface area (Å²) >= 11 is 0. The predicted molar refractivity (Wildman–Crippen MR) is 59.3 cm³/mol. The van der Waals surface area contributed by atoms with E-state index in [2.05, 4.69) is 13.5 Å². The molecule has 0 heterocycles. The number of allylic oxidation sites excluding steroid dienone is 2. The van der Waals surface area contributed by atoms with Crippen LogP contribution in [0.2, 0.25) is 0 Å². The van der Waals surface area contributed by atoms with Gasteiger partial charge in [-0.2, -0.15) is 0 Å². The van der Waals surface area contributed by atoms with Crippen LogP contribution in [0.15, 0.2) is 24.3 Å². The van der Waals surface area contributed by atoms with Crippen molar-refractivity contribution in [3.8, 4) is 0 Å². The lowest BCUT2D eigenvalue weighted by Crippen LogP contribution is -1.99. The van der Waals surface area contributed by atoms with Gasteiger partial charge in [-0.05, 0) is 19.3 Å². The maximum Gasteiger partial charge on any atom is 0.331 e.